The Balaban J connectivity index is 0.000000272. The molecule has 2 aromatic heterocycles. The molecular weight excluding hydrogens is 962 g/mol. The fourth-order valence-corrected chi connectivity index (χ4v) is 7.93. The third-order valence-corrected chi connectivity index (χ3v) is 12.4. The number of hydrogen-bond acceptors (Lipinski definition) is 11. The SMILES string of the molecule is CC(C)(C)Cn1cc(-c2ccc(C(=O)NCCc3ccc(S(C)(=O)=O)cc3)cc2)c(N)n1.CC(C)(C)Cn1ncc(-c2ccc(C(=O)NCCc3ccc(S(C)(=O)=O)cc3)cc2)c1N.O=C(O)C(F)(F)F. The highest BCUT2D eigenvalue weighted by atomic mass is 32.2. The highest BCUT2D eigenvalue weighted by Crippen LogP contribution is 2.29. The molecule has 21 heteroatoms. The van der Waals surface area contributed by atoms with Gasteiger partial charge in [-0.3, -0.25) is 14.3 Å². The lowest BCUT2D eigenvalue weighted by atomic mass is 9.97. The number of sulfone groups is 2. The van der Waals surface area contributed by atoms with Gasteiger partial charge in [0.1, 0.15) is 5.82 Å². The smallest absolute Gasteiger partial charge is 0.475 e. The number of nitrogens with two attached hydrogens (primary N) is 2. The Morgan fingerprint density at radius 1 is 0.620 bits per heavy atom. The van der Waals surface area contributed by atoms with Gasteiger partial charge in [-0.05, 0) is 94.5 Å². The van der Waals surface area contributed by atoms with E-state index < -0.39 is 31.8 Å². The van der Waals surface area contributed by atoms with Gasteiger partial charge in [-0.1, -0.05) is 90.1 Å². The molecule has 0 aliphatic carbocycles. The van der Waals surface area contributed by atoms with Crippen LogP contribution in [0.2, 0.25) is 0 Å². The Labute approximate surface area is 412 Å². The predicted octanol–water partition coefficient (Wildman–Crippen LogP) is 7.74. The number of aliphatic carboxylic acids is 1. The van der Waals surface area contributed by atoms with E-state index in [1.54, 1.807) is 83.7 Å². The fraction of sp³-hybridized carbons (Fsp3) is 0.340. The van der Waals surface area contributed by atoms with Gasteiger partial charge >= 0.3 is 12.1 Å². The lowest BCUT2D eigenvalue weighted by Gasteiger charge is -2.18. The molecule has 0 saturated heterocycles. The number of halogens is 3. The number of aromatic nitrogens is 4. The average Bonchev–Trinajstić information content (AvgIpc) is 3.81. The minimum absolute atomic E-state index is 0.0646. The Bertz CT molecular complexity index is 2860. The number of carbonyl (C=O) groups is 3. The van der Waals surface area contributed by atoms with Crippen LogP contribution in [-0.2, 0) is 50.4 Å². The average molecular weight is 1020 g/mol. The first-order valence-corrected chi connectivity index (χ1v) is 25.9. The summed E-state index contributed by atoms with van der Waals surface area (Å²) in [6.07, 6.45) is 2.18. The second kappa shape index (κ2) is 23.3. The number of hydrogen-bond donors (Lipinski definition) is 5. The van der Waals surface area contributed by atoms with Crippen molar-refractivity contribution in [3.05, 3.63) is 132 Å². The van der Waals surface area contributed by atoms with Gasteiger partial charge in [0.15, 0.2) is 25.5 Å². The number of carboxylic acid groups (broad SMARTS) is 1. The van der Waals surface area contributed by atoms with E-state index in [1.165, 1.54) is 12.5 Å². The number of alkyl halides is 3. The van der Waals surface area contributed by atoms with Crippen LogP contribution in [0.4, 0.5) is 24.8 Å². The molecule has 2 amide bonds. The van der Waals surface area contributed by atoms with Crippen molar-refractivity contribution in [2.45, 2.75) is 83.4 Å². The summed E-state index contributed by atoms with van der Waals surface area (Å²) >= 11 is 0. The fourth-order valence-electron chi connectivity index (χ4n) is 6.67. The maximum atomic E-state index is 12.5. The summed E-state index contributed by atoms with van der Waals surface area (Å²) in [7, 11) is -6.41. The van der Waals surface area contributed by atoms with Crippen LogP contribution in [0.5, 0.6) is 0 Å². The Morgan fingerprint density at radius 2 is 1.00 bits per heavy atom. The van der Waals surface area contributed by atoms with Crippen LogP contribution in [0, 0.1) is 10.8 Å². The Morgan fingerprint density at radius 3 is 1.35 bits per heavy atom. The largest absolute Gasteiger partial charge is 0.490 e. The molecule has 6 aromatic rings. The number of carboxylic acids is 1. The number of carbonyl (C=O) groups excluding carboxylic acids is 2. The lowest BCUT2D eigenvalue weighted by Crippen LogP contribution is -2.25. The third-order valence-electron chi connectivity index (χ3n) is 10.2. The zero-order valence-corrected chi connectivity index (χ0v) is 42.5. The van der Waals surface area contributed by atoms with Crippen LogP contribution in [0.15, 0.2) is 119 Å². The summed E-state index contributed by atoms with van der Waals surface area (Å²) in [5, 5.41) is 21.7. The molecule has 0 saturated carbocycles. The lowest BCUT2D eigenvalue weighted by molar-refractivity contribution is -0.192. The van der Waals surface area contributed by atoms with E-state index in [0.29, 0.717) is 48.7 Å². The first-order chi connectivity index (χ1) is 32.8. The summed E-state index contributed by atoms with van der Waals surface area (Å²) in [5.74, 6) is -2.01. The van der Waals surface area contributed by atoms with Crippen molar-refractivity contribution >= 4 is 49.1 Å². The molecule has 0 bridgehead atoms. The minimum atomic E-state index is -5.08. The number of rotatable bonds is 14. The molecule has 16 nitrogen and oxygen atoms in total. The van der Waals surface area contributed by atoms with Gasteiger partial charge in [0.25, 0.3) is 11.8 Å². The highest BCUT2D eigenvalue weighted by Gasteiger charge is 2.38. The standard InChI is InChI=1S/2C24H30N4O3S.C2HF3O2/c1-24(2,3)16-28-15-21(22(25)27-28)18-7-9-19(10-8-18)23(29)26-14-13-17-5-11-20(12-6-17)32(4,30)31;1-24(2,3)16-28-22(25)21(15-27-28)18-7-9-19(10-8-18)23(29)26-14-13-17-5-11-20(12-6-17)32(4,30)31;3-2(4,5)1(6)7/h5-12,15H,13-14,16H2,1-4H3,(H2,25,27)(H,26,29);5-12,15H,13-14,16,25H2,1-4H3,(H,26,29);(H,6,7). The van der Waals surface area contributed by atoms with E-state index in [2.05, 4.69) is 62.4 Å². The molecule has 0 spiro atoms. The zero-order chi connectivity index (χ0) is 53.1. The molecule has 0 unspecified atom stereocenters. The van der Waals surface area contributed by atoms with Crippen LogP contribution in [0.25, 0.3) is 22.3 Å². The molecule has 0 aliphatic heterocycles. The molecular formula is C50H61F3N8O8S2. The van der Waals surface area contributed by atoms with Crippen molar-refractivity contribution in [3.63, 3.8) is 0 Å². The molecule has 7 N–H and O–H groups in total. The van der Waals surface area contributed by atoms with Crippen molar-refractivity contribution in [1.82, 2.24) is 30.2 Å². The number of benzene rings is 4. The van der Waals surface area contributed by atoms with E-state index >= 15 is 0 Å². The van der Waals surface area contributed by atoms with Crippen LogP contribution in [-0.4, -0.2) is 91.1 Å². The van der Waals surface area contributed by atoms with Crippen LogP contribution in [0.1, 0.15) is 73.4 Å². The molecule has 71 heavy (non-hydrogen) atoms. The normalized spacial score (nSPS) is 11.9. The Hall–Kier alpha value is -7.00. The van der Waals surface area contributed by atoms with Gasteiger partial charge in [0.2, 0.25) is 0 Å². The topological polar surface area (TPSA) is 251 Å². The highest BCUT2D eigenvalue weighted by molar-refractivity contribution is 7.91. The van der Waals surface area contributed by atoms with Gasteiger partial charge in [0.05, 0.1) is 16.0 Å². The van der Waals surface area contributed by atoms with Gasteiger partial charge in [-0.15, -0.1) is 0 Å². The van der Waals surface area contributed by atoms with Gasteiger partial charge in [-0.2, -0.15) is 23.4 Å². The van der Waals surface area contributed by atoms with E-state index in [0.717, 1.165) is 46.5 Å². The molecule has 0 atom stereocenters. The summed E-state index contributed by atoms with van der Waals surface area (Å²) in [4.78, 5) is 34.4. The molecule has 0 aliphatic rings. The third kappa shape index (κ3) is 18.0. The summed E-state index contributed by atoms with van der Waals surface area (Å²) < 4.78 is 81.5. The van der Waals surface area contributed by atoms with Crippen molar-refractivity contribution in [3.8, 4) is 22.3 Å². The number of anilines is 2. The van der Waals surface area contributed by atoms with Crippen molar-refractivity contribution in [2.24, 2.45) is 10.8 Å². The molecule has 0 fully saturated rings. The van der Waals surface area contributed by atoms with Crippen molar-refractivity contribution in [2.75, 3.05) is 37.1 Å². The first kappa shape index (κ1) is 56.6. The summed E-state index contributed by atoms with van der Waals surface area (Å²) in [6.45, 7) is 15.2. The van der Waals surface area contributed by atoms with Gasteiger partial charge < -0.3 is 27.2 Å². The molecule has 382 valence electrons. The monoisotopic (exact) mass is 1020 g/mol. The number of nitrogens with one attached hydrogen (secondary N) is 2. The zero-order valence-electron chi connectivity index (χ0n) is 40.8. The first-order valence-electron chi connectivity index (χ1n) is 22.1. The van der Waals surface area contributed by atoms with Gasteiger partial charge in [0, 0.05) is 67.1 Å². The number of nitrogen functional groups attached to an aromatic ring is 2. The predicted molar refractivity (Wildman–Crippen MR) is 268 cm³/mol. The molecule has 4 aromatic carbocycles. The van der Waals surface area contributed by atoms with Crippen molar-refractivity contribution < 1.29 is 49.5 Å². The van der Waals surface area contributed by atoms with Gasteiger partial charge in [-0.25, -0.2) is 26.3 Å². The number of nitrogens with zero attached hydrogens (tertiary/aromatic N) is 4. The van der Waals surface area contributed by atoms with E-state index in [4.69, 9.17) is 21.4 Å². The maximum Gasteiger partial charge on any atom is 0.490 e. The Kier molecular flexibility index (Phi) is 18.6. The van der Waals surface area contributed by atoms with Crippen LogP contribution < -0.4 is 22.1 Å². The van der Waals surface area contributed by atoms with Crippen LogP contribution in [0.3, 0.4) is 0 Å². The minimum Gasteiger partial charge on any atom is -0.475 e. The second-order valence-electron chi connectivity index (χ2n) is 19.1. The quantitative estimate of drug-likeness (QED) is 0.0703. The van der Waals surface area contributed by atoms with Crippen molar-refractivity contribution in [1.29, 1.82) is 0 Å². The van der Waals surface area contributed by atoms with Crippen LogP contribution >= 0.6 is 0 Å². The molecule has 0 radical (unpaired) electrons. The van der Waals surface area contributed by atoms with E-state index in [-0.39, 0.29) is 32.4 Å². The molecule has 6 rings (SSSR count). The molecule has 2 heterocycles. The van der Waals surface area contributed by atoms with E-state index in [9.17, 15) is 39.6 Å². The van der Waals surface area contributed by atoms with E-state index in [1.807, 2.05) is 35.1 Å². The summed E-state index contributed by atoms with van der Waals surface area (Å²) in [5.41, 5.74) is 19.1. The maximum absolute atomic E-state index is 12.5. The summed E-state index contributed by atoms with van der Waals surface area (Å²) in [6, 6.07) is 28.0. The number of amides is 2. The second-order valence-corrected chi connectivity index (χ2v) is 23.2.